The molecule has 0 N–H and O–H groups in total. The van der Waals surface area contributed by atoms with Crippen molar-refractivity contribution < 1.29 is 22.4 Å². The van der Waals surface area contributed by atoms with Crippen molar-refractivity contribution in [3.8, 4) is 17.4 Å². The Bertz CT molecular complexity index is 933. The van der Waals surface area contributed by atoms with Crippen LogP contribution in [0.1, 0.15) is 11.3 Å². The van der Waals surface area contributed by atoms with E-state index in [1.807, 2.05) is 13.1 Å². The second-order valence-corrected chi connectivity index (χ2v) is 6.55. The molecule has 1 amide bonds. The maximum absolute atomic E-state index is 12.9. The van der Waals surface area contributed by atoms with Crippen LogP contribution in [-0.2, 0) is 11.0 Å². The lowest BCUT2D eigenvalue weighted by molar-refractivity contribution is -0.137. The second-order valence-electron chi connectivity index (χ2n) is 6.55. The molecule has 8 heteroatoms. The van der Waals surface area contributed by atoms with Gasteiger partial charge in [0.2, 0.25) is 0 Å². The zero-order chi connectivity index (χ0) is 20.3. The molecule has 1 aromatic heterocycles. The minimum atomic E-state index is -4.45. The van der Waals surface area contributed by atoms with E-state index in [0.717, 1.165) is 25.2 Å². The summed E-state index contributed by atoms with van der Waals surface area (Å²) < 4.78 is 44.2. The number of alkyl halides is 3. The number of nitrogens with zero attached hydrogens (tertiary/aromatic N) is 3. The van der Waals surface area contributed by atoms with Crippen molar-refractivity contribution >= 4 is 12.0 Å². The van der Waals surface area contributed by atoms with Crippen LogP contribution in [0.3, 0.4) is 0 Å². The molecule has 3 rings (SSSR count). The molecule has 2 aromatic rings. The third kappa shape index (κ3) is 4.43. The molecule has 0 unspecified atom stereocenters. The smallest absolute Gasteiger partial charge is 0.416 e. The van der Waals surface area contributed by atoms with Crippen molar-refractivity contribution in [1.82, 2.24) is 9.80 Å². The van der Waals surface area contributed by atoms with E-state index < -0.39 is 11.7 Å². The zero-order valence-corrected chi connectivity index (χ0v) is 15.2. The summed E-state index contributed by atoms with van der Waals surface area (Å²) in [6.45, 7) is 2.51. The van der Waals surface area contributed by atoms with Crippen LogP contribution >= 0.6 is 0 Å². The number of rotatable bonds is 3. The summed E-state index contributed by atoms with van der Waals surface area (Å²) in [5.41, 5.74) is -0.589. The summed E-state index contributed by atoms with van der Waals surface area (Å²) in [5, 5.41) is 9.35. The van der Waals surface area contributed by atoms with E-state index in [0.29, 0.717) is 13.1 Å². The van der Waals surface area contributed by atoms with E-state index in [1.54, 1.807) is 4.90 Å². The average Bonchev–Trinajstić information content (AvgIpc) is 3.14. The fourth-order valence-electron chi connectivity index (χ4n) is 2.90. The number of carbonyl (C=O) groups is 1. The number of carbonyl (C=O) groups excluding carboxylic acids is 1. The Kier molecular flexibility index (Phi) is 5.56. The maximum Gasteiger partial charge on any atom is 0.416 e. The molecule has 146 valence electrons. The first-order valence-corrected chi connectivity index (χ1v) is 8.65. The zero-order valence-electron chi connectivity index (χ0n) is 15.2. The monoisotopic (exact) mass is 389 g/mol. The number of amides is 1. The van der Waals surface area contributed by atoms with Gasteiger partial charge in [-0.2, -0.15) is 18.4 Å². The predicted octanol–water partition coefficient (Wildman–Crippen LogP) is 3.65. The second kappa shape index (κ2) is 7.90. The van der Waals surface area contributed by atoms with Gasteiger partial charge in [0.05, 0.1) is 5.56 Å². The molecule has 1 aliphatic heterocycles. The van der Waals surface area contributed by atoms with Crippen LogP contribution in [0, 0.1) is 11.3 Å². The molecule has 1 aromatic carbocycles. The summed E-state index contributed by atoms with van der Waals surface area (Å²) in [6, 6.07) is 9.69. The first-order chi connectivity index (χ1) is 13.3. The number of piperazine rings is 1. The summed E-state index contributed by atoms with van der Waals surface area (Å²) in [6.07, 6.45) is -3.13. The van der Waals surface area contributed by atoms with Crippen molar-refractivity contribution in [2.45, 2.75) is 6.18 Å². The van der Waals surface area contributed by atoms with Crippen LogP contribution in [0.4, 0.5) is 13.2 Å². The lowest BCUT2D eigenvalue weighted by atomic mass is 10.1. The standard InChI is InChI=1S/C20H18F3N3O2/c1-25-7-9-26(10-8-25)19(27)15(13-24)12-17-5-6-18(28-17)14-3-2-4-16(11-14)20(21,22)23/h2-6,11-12H,7-10H2,1H3/b15-12-. The van der Waals surface area contributed by atoms with Gasteiger partial charge in [-0.05, 0) is 31.3 Å². The van der Waals surface area contributed by atoms with Gasteiger partial charge < -0.3 is 14.2 Å². The van der Waals surface area contributed by atoms with Gasteiger partial charge in [-0.1, -0.05) is 12.1 Å². The van der Waals surface area contributed by atoms with Crippen molar-refractivity contribution in [2.24, 2.45) is 0 Å². The first kappa shape index (κ1) is 19.7. The summed E-state index contributed by atoms with van der Waals surface area (Å²) in [5.74, 6) is 0.0701. The van der Waals surface area contributed by atoms with Crippen LogP contribution in [0.25, 0.3) is 17.4 Å². The Morgan fingerprint density at radius 1 is 1.18 bits per heavy atom. The van der Waals surface area contributed by atoms with Gasteiger partial charge in [0.25, 0.3) is 5.91 Å². The summed E-state index contributed by atoms with van der Waals surface area (Å²) >= 11 is 0. The highest BCUT2D eigenvalue weighted by Crippen LogP contribution is 2.32. The number of furan rings is 1. The van der Waals surface area contributed by atoms with Crippen LogP contribution in [0.2, 0.25) is 0 Å². The van der Waals surface area contributed by atoms with E-state index in [-0.39, 0.29) is 28.6 Å². The molecule has 0 radical (unpaired) electrons. The van der Waals surface area contributed by atoms with Crippen molar-refractivity contribution in [3.05, 3.63) is 53.3 Å². The molecule has 0 atom stereocenters. The molecule has 5 nitrogen and oxygen atoms in total. The van der Waals surface area contributed by atoms with Gasteiger partial charge in [0.1, 0.15) is 23.2 Å². The van der Waals surface area contributed by atoms with Gasteiger partial charge in [-0.3, -0.25) is 4.79 Å². The fraction of sp³-hybridized carbons (Fsp3) is 0.300. The van der Waals surface area contributed by atoms with E-state index in [2.05, 4.69) is 4.90 Å². The van der Waals surface area contributed by atoms with Crippen LogP contribution in [0.15, 0.2) is 46.4 Å². The normalized spacial score (nSPS) is 16.1. The van der Waals surface area contributed by atoms with Gasteiger partial charge >= 0.3 is 6.18 Å². The molecule has 0 saturated carbocycles. The Hall–Kier alpha value is -3.05. The van der Waals surface area contributed by atoms with Crippen LogP contribution < -0.4 is 0 Å². The molecule has 1 aliphatic rings. The van der Waals surface area contributed by atoms with E-state index in [4.69, 9.17) is 4.42 Å². The minimum absolute atomic E-state index is 0.0745. The Morgan fingerprint density at radius 3 is 2.54 bits per heavy atom. The molecule has 0 aliphatic carbocycles. The molecular formula is C20H18F3N3O2. The number of likely N-dealkylation sites (N-methyl/N-ethyl adjacent to an activating group) is 1. The summed E-state index contributed by atoms with van der Waals surface area (Å²) in [7, 11) is 1.96. The summed E-state index contributed by atoms with van der Waals surface area (Å²) in [4.78, 5) is 16.2. The first-order valence-electron chi connectivity index (χ1n) is 8.65. The number of hydrogen-bond donors (Lipinski definition) is 0. The predicted molar refractivity (Wildman–Crippen MR) is 96.8 cm³/mol. The molecule has 0 spiro atoms. The molecule has 2 heterocycles. The Balaban J connectivity index is 1.81. The van der Waals surface area contributed by atoms with Crippen molar-refractivity contribution in [2.75, 3.05) is 33.2 Å². The van der Waals surface area contributed by atoms with Crippen molar-refractivity contribution in [1.29, 1.82) is 5.26 Å². The average molecular weight is 389 g/mol. The SMILES string of the molecule is CN1CCN(C(=O)/C(C#N)=C\c2ccc(-c3cccc(C(F)(F)F)c3)o2)CC1. The van der Waals surface area contributed by atoms with Crippen molar-refractivity contribution in [3.63, 3.8) is 0 Å². The molecular weight excluding hydrogens is 371 g/mol. The maximum atomic E-state index is 12.9. The Morgan fingerprint density at radius 2 is 1.89 bits per heavy atom. The number of benzene rings is 1. The number of nitriles is 1. The van der Waals surface area contributed by atoms with Crippen LogP contribution in [-0.4, -0.2) is 48.9 Å². The fourth-order valence-corrected chi connectivity index (χ4v) is 2.90. The number of halogens is 3. The molecule has 1 fully saturated rings. The van der Waals surface area contributed by atoms with Gasteiger partial charge in [-0.15, -0.1) is 0 Å². The minimum Gasteiger partial charge on any atom is -0.457 e. The third-order valence-electron chi connectivity index (χ3n) is 4.53. The van der Waals surface area contributed by atoms with Gasteiger partial charge in [0.15, 0.2) is 0 Å². The van der Waals surface area contributed by atoms with E-state index in [9.17, 15) is 23.2 Å². The molecule has 1 saturated heterocycles. The van der Waals surface area contributed by atoms with Gasteiger partial charge in [-0.25, -0.2) is 0 Å². The van der Waals surface area contributed by atoms with E-state index in [1.165, 1.54) is 30.3 Å². The lowest BCUT2D eigenvalue weighted by Gasteiger charge is -2.32. The Labute approximate surface area is 160 Å². The number of hydrogen-bond acceptors (Lipinski definition) is 4. The largest absolute Gasteiger partial charge is 0.457 e. The third-order valence-corrected chi connectivity index (χ3v) is 4.53. The molecule has 0 bridgehead atoms. The van der Waals surface area contributed by atoms with E-state index >= 15 is 0 Å². The lowest BCUT2D eigenvalue weighted by Crippen LogP contribution is -2.47. The highest BCUT2D eigenvalue weighted by Gasteiger charge is 2.30. The van der Waals surface area contributed by atoms with Crippen LogP contribution in [0.5, 0.6) is 0 Å². The van der Waals surface area contributed by atoms with Gasteiger partial charge in [0, 0.05) is 37.8 Å². The quantitative estimate of drug-likeness (QED) is 0.594. The topological polar surface area (TPSA) is 60.5 Å². The highest BCUT2D eigenvalue weighted by atomic mass is 19.4. The highest BCUT2D eigenvalue weighted by molar-refractivity contribution is 6.01. The molecule has 28 heavy (non-hydrogen) atoms.